The molecule has 0 aliphatic carbocycles. The van der Waals surface area contributed by atoms with E-state index in [1.165, 1.54) is 0 Å². The molecule has 0 heterocycles. The number of rotatable bonds is 0. The molecule has 0 saturated carbocycles. The van der Waals surface area contributed by atoms with E-state index < -0.39 is 7.32 Å². The standard InChI is InChI=1S/BO3.3K.10H2O/c2-1(3)4;;;;;;;;;;;;;/h;;;;10*1H2/q-3;3*+1;;;;;;;;;;. The van der Waals surface area contributed by atoms with Crippen molar-refractivity contribution in [3.8, 4) is 0 Å². The van der Waals surface area contributed by atoms with Gasteiger partial charge in [0.2, 0.25) is 0 Å². The van der Waals surface area contributed by atoms with Crippen molar-refractivity contribution in [3.05, 3.63) is 0 Å². The summed E-state index contributed by atoms with van der Waals surface area (Å²) >= 11 is 0. The average Bonchev–Trinajstić information content (AvgIpc) is 0.811. The van der Waals surface area contributed by atoms with Gasteiger partial charge in [0.25, 0.3) is 0 Å². The third-order valence-electron chi connectivity index (χ3n) is 0. The van der Waals surface area contributed by atoms with Gasteiger partial charge < -0.3 is 69.8 Å². The van der Waals surface area contributed by atoms with Crippen LogP contribution < -0.4 is 169 Å². The fourth-order valence-corrected chi connectivity index (χ4v) is 0. The molecule has 0 aliphatic rings. The van der Waals surface area contributed by atoms with E-state index in [2.05, 4.69) is 0 Å². The molecule has 20 N–H and O–H groups in total. The zero-order chi connectivity index (χ0) is 3.58. The van der Waals surface area contributed by atoms with Gasteiger partial charge in [-0.1, -0.05) is 0 Å². The SMILES string of the molecule is O.O.O.O.O.O.O.O.O.O.[K+].[K+].[K+].[O-]B([O-])[O-]. The fraction of sp³-hybridized carbons (Fsp3) is 0. The van der Waals surface area contributed by atoms with Crippen LogP contribution in [-0.2, 0) is 0 Å². The van der Waals surface area contributed by atoms with Crippen molar-refractivity contribution in [2.75, 3.05) is 0 Å². The molecule has 0 saturated heterocycles. The smallest absolute Gasteiger partial charge is 0.907 e. The second-order valence-electron chi connectivity index (χ2n) is 0.289. The Morgan fingerprint density at radius 2 is 0.353 bits per heavy atom. The largest absolute Gasteiger partial charge is 1.00 e. The van der Waals surface area contributed by atoms with E-state index in [9.17, 15) is 0 Å². The number of hydrogen-bond acceptors (Lipinski definition) is 3. The maximum atomic E-state index is 8.42. The Balaban J connectivity index is -0.000000000577. The predicted molar refractivity (Wildman–Crippen MR) is 41.9 cm³/mol. The summed E-state index contributed by atoms with van der Waals surface area (Å²) in [5.41, 5.74) is 0. The van der Waals surface area contributed by atoms with Gasteiger partial charge in [-0.05, 0) is 0 Å². The van der Waals surface area contributed by atoms with Crippen LogP contribution in [0.3, 0.4) is 0 Å². The van der Waals surface area contributed by atoms with Crippen LogP contribution in [0.5, 0.6) is 0 Å². The van der Waals surface area contributed by atoms with Crippen molar-refractivity contribution in [2.45, 2.75) is 0 Å². The molecule has 0 aromatic carbocycles. The summed E-state index contributed by atoms with van der Waals surface area (Å²) in [5, 5.41) is 25.2. The van der Waals surface area contributed by atoms with E-state index >= 15 is 0 Å². The van der Waals surface area contributed by atoms with E-state index in [-0.39, 0.29) is 209 Å². The molecule has 17 heavy (non-hydrogen) atoms. The van der Waals surface area contributed by atoms with Gasteiger partial charge in [0.15, 0.2) is 0 Å². The molecule has 0 bridgehead atoms. The molecule has 0 unspecified atom stereocenters. The summed E-state index contributed by atoms with van der Waals surface area (Å²) in [6, 6.07) is 0. The third-order valence-corrected chi connectivity index (χ3v) is 0. The van der Waals surface area contributed by atoms with Crippen LogP contribution in [-0.4, -0.2) is 62.1 Å². The summed E-state index contributed by atoms with van der Waals surface area (Å²) in [6.45, 7) is 0. The quantitative estimate of drug-likeness (QED) is 0.381. The number of hydrogen-bond donors (Lipinski definition) is 0. The molecular formula is H20BK3O13. The van der Waals surface area contributed by atoms with Crippen LogP contribution in [0.25, 0.3) is 0 Å². The van der Waals surface area contributed by atoms with Gasteiger partial charge in [-0.25, -0.2) is 0 Å². The Morgan fingerprint density at radius 1 is 0.353 bits per heavy atom. The average molecular weight is 356 g/mol. The first kappa shape index (κ1) is 162. The molecule has 0 rings (SSSR count). The minimum atomic E-state index is -2.92. The van der Waals surface area contributed by atoms with Crippen molar-refractivity contribution in [1.82, 2.24) is 0 Å². The first-order valence-electron chi connectivity index (χ1n) is 0.707. The minimum absolute atomic E-state index is 0. The van der Waals surface area contributed by atoms with E-state index in [4.69, 9.17) is 15.1 Å². The van der Waals surface area contributed by atoms with Crippen LogP contribution in [0.4, 0.5) is 0 Å². The van der Waals surface area contributed by atoms with E-state index in [0.29, 0.717) is 0 Å². The van der Waals surface area contributed by atoms with E-state index in [1.807, 2.05) is 0 Å². The summed E-state index contributed by atoms with van der Waals surface area (Å²) in [6.07, 6.45) is 0. The molecule has 0 fully saturated rings. The van der Waals surface area contributed by atoms with Crippen molar-refractivity contribution >= 4 is 7.32 Å². The van der Waals surface area contributed by atoms with Crippen LogP contribution in [0, 0.1) is 0 Å². The zero-order valence-electron chi connectivity index (χ0n) is 9.80. The van der Waals surface area contributed by atoms with Crippen LogP contribution in [0.15, 0.2) is 0 Å². The summed E-state index contributed by atoms with van der Waals surface area (Å²) in [4.78, 5) is 0. The molecule has 13 nitrogen and oxygen atoms in total. The molecule has 0 aliphatic heterocycles. The second-order valence-corrected chi connectivity index (χ2v) is 0.289. The zero-order valence-corrected chi connectivity index (χ0v) is 19.2. The van der Waals surface area contributed by atoms with Gasteiger partial charge in [0.1, 0.15) is 0 Å². The molecule has 0 spiro atoms. The maximum Gasteiger partial charge on any atom is 1.00 e. The summed E-state index contributed by atoms with van der Waals surface area (Å²) in [7, 11) is -2.92. The topological polar surface area (TPSA) is 384 Å². The van der Waals surface area contributed by atoms with E-state index in [1.54, 1.807) is 0 Å². The first-order chi connectivity index (χ1) is 1.73. The van der Waals surface area contributed by atoms with Crippen molar-refractivity contribution in [2.24, 2.45) is 0 Å². The third kappa shape index (κ3) is 351. The Kier molecular flexibility index (Phi) is 1320. The minimum Gasteiger partial charge on any atom is -0.907 e. The van der Waals surface area contributed by atoms with Gasteiger partial charge in [-0.2, -0.15) is 0 Å². The van der Waals surface area contributed by atoms with Crippen molar-refractivity contribution < 1.29 is 224 Å². The molecule has 104 valence electrons. The van der Waals surface area contributed by atoms with Crippen LogP contribution in [0.2, 0.25) is 0 Å². The molecule has 0 aromatic heterocycles. The summed E-state index contributed by atoms with van der Waals surface area (Å²) < 4.78 is 0. The molecular weight excluding hydrogens is 336 g/mol. The Morgan fingerprint density at radius 3 is 0.353 bits per heavy atom. The van der Waals surface area contributed by atoms with Crippen molar-refractivity contribution in [1.29, 1.82) is 0 Å². The molecule has 17 heteroatoms. The monoisotopic (exact) mass is 356 g/mol. The second kappa shape index (κ2) is 139. The predicted octanol–water partition coefficient (Wildman–Crippen LogP) is -21.2. The Bertz CT molecular complexity index is 21.4. The fourth-order valence-electron chi connectivity index (χ4n) is 0. The molecule has 0 atom stereocenters. The van der Waals surface area contributed by atoms with Gasteiger partial charge >= 0.3 is 154 Å². The summed E-state index contributed by atoms with van der Waals surface area (Å²) in [5.74, 6) is 0. The van der Waals surface area contributed by atoms with Crippen LogP contribution in [0.1, 0.15) is 0 Å². The van der Waals surface area contributed by atoms with Gasteiger partial charge in [0, 0.05) is 0 Å². The Labute approximate surface area is 225 Å². The first-order valence-corrected chi connectivity index (χ1v) is 0.707. The van der Waals surface area contributed by atoms with Crippen LogP contribution >= 0.6 is 0 Å². The molecule has 0 radical (unpaired) electrons. The molecule has 0 amide bonds. The van der Waals surface area contributed by atoms with Gasteiger partial charge in [0.05, 0.1) is 0 Å². The van der Waals surface area contributed by atoms with E-state index in [0.717, 1.165) is 0 Å². The normalized spacial score (nSPS) is 1.59. The molecule has 0 aromatic rings. The Hall–Kier alpha value is 4.45. The van der Waals surface area contributed by atoms with Gasteiger partial charge in [-0.3, -0.25) is 7.32 Å². The van der Waals surface area contributed by atoms with Crippen molar-refractivity contribution in [3.63, 3.8) is 0 Å². The maximum absolute atomic E-state index is 8.42. The van der Waals surface area contributed by atoms with Gasteiger partial charge in [-0.15, -0.1) is 0 Å².